The summed E-state index contributed by atoms with van der Waals surface area (Å²) in [6, 6.07) is 14.7. The predicted molar refractivity (Wildman–Crippen MR) is 104 cm³/mol. The molecule has 0 aliphatic rings. The number of benzene rings is 2. The lowest BCUT2D eigenvalue weighted by molar-refractivity contribution is 0.0690. The predicted octanol–water partition coefficient (Wildman–Crippen LogP) is 4.45. The fourth-order valence-electron chi connectivity index (χ4n) is 3.06. The average molecular weight is 380 g/mol. The highest BCUT2D eigenvalue weighted by molar-refractivity contribution is 7.15. The van der Waals surface area contributed by atoms with Crippen molar-refractivity contribution < 1.29 is 19.4 Å². The van der Waals surface area contributed by atoms with Crippen molar-refractivity contribution in [1.29, 1.82) is 0 Å². The summed E-state index contributed by atoms with van der Waals surface area (Å²) >= 11 is 1.38. The molecule has 0 fully saturated rings. The minimum Gasteiger partial charge on any atom is -0.497 e. The van der Waals surface area contributed by atoms with Crippen LogP contribution in [-0.2, 0) is 0 Å². The third kappa shape index (κ3) is 2.82. The van der Waals surface area contributed by atoms with Gasteiger partial charge in [-0.05, 0) is 18.2 Å². The van der Waals surface area contributed by atoms with Gasteiger partial charge in [0.05, 0.1) is 19.9 Å². The maximum Gasteiger partial charge on any atom is 0.355 e. The van der Waals surface area contributed by atoms with Crippen molar-refractivity contribution in [2.45, 2.75) is 0 Å². The molecular weight excluding hydrogens is 364 g/mol. The maximum atomic E-state index is 12.1. The van der Waals surface area contributed by atoms with E-state index in [4.69, 9.17) is 9.47 Å². The topological polar surface area (TPSA) is 73.1 Å². The first-order valence-corrected chi connectivity index (χ1v) is 9.03. The second kappa shape index (κ2) is 6.77. The summed E-state index contributed by atoms with van der Waals surface area (Å²) in [6.45, 7) is 0. The van der Waals surface area contributed by atoms with E-state index in [2.05, 4.69) is 4.98 Å². The van der Waals surface area contributed by atoms with Gasteiger partial charge in [-0.2, -0.15) is 0 Å². The summed E-state index contributed by atoms with van der Waals surface area (Å²) < 4.78 is 12.5. The molecule has 4 aromatic rings. The Morgan fingerprint density at radius 1 is 1.11 bits per heavy atom. The summed E-state index contributed by atoms with van der Waals surface area (Å²) in [5, 5.41) is 11.8. The van der Waals surface area contributed by atoms with Crippen molar-refractivity contribution in [1.82, 2.24) is 9.38 Å². The Morgan fingerprint density at radius 3 is 2.56 bits per heavy atom. The smallest absolute Gasteiger partial charge is 0.355 e. The van der Waals surface area contributed by atoms with Crippen LogP contribution in [0.5, 0.6) is 11.5 Å². The number of carboxylic acids is 1. The van der Waals surface area contributed by atoms with Crippen LogP contribution in [0.3, 0.4) is 0 Å². The molecule has 136 valence electrons. The Kier molecular flexibility index (Phi) is 4.29. The quantitative estimate of drug-likeness (QED) is 0.554. The lowest BCUT2D eigenvalue weighted by Crippen LogP contribution is -2.04. The molecule has 0 spiro atoms. The minimum absolute atomic E-state index is 0.123. The highest BCUT2D eigenvalue weighted by atomic mass is 32.1. The number of methoxy groups -OCH3 is 2. The fourth-order valence-corrected chi connectivity index (χ4v) is 3.94. The zero-order chi connectivity index (χ0) is 19.0. The first-order chi connectivity index (χ1) is 13.1. The van der Waals surface area contributed by atoms with Gasteiger partial charge in [0.15, 0.2) is 10.7 Å². The van der Waals surface area contributed by atoms with E-state index in [9.17, 15) is 9.90 Å². The van der Waals surface area contributed by atoms with Crippen molar-refractivity contribution in [3.05, 3.63) is 59.6 Å². The Morgan fingerprint density at radius 2 is 1.89 bits per heavy atom. The molecule has 0 aliphatic heterocycles. The van der Waals surface area contributed by atoms with Gasteiger partial charge in [0, 0.05) is 16.5 Å². The van der Waals surface area contributed by atoms with Crippen LogP contribution in [0, 0.1) is 0 Å². The second-order valence-corrected chi connectivity index (χ2v) is 6.62. The number of aromatic carboxylic acids is 1. The molecule has 27 heavy (non-hydrogen) atoms. The molecule has 0 saturated heterocycles. The lowest BCUT2D eigenvalue weighted by atomic mass is 10.1. The molecule has 0 aliphatic carbocycles. The first-order valence-electron chi connectivity index (χ1n) is 8.15. The zero-order valence-corrected chi connectivity index (χ0v) is 15.5. The van der Waals surface area contributed by atoms with Crippen LogP contribution < -0.4 is 9.47 Å². The number of aromatic nitrogens is 2. The van der Waals surface area contributed by atoms with E-state index in [0.29, 0.717) is 27.8 Å². The molecule has 2 aromatic heterocycles. The molecule has 0 radical (unpaired) electrons. The summed E-state index contributed by atoms with van der Waals surface area (Å²) in [4.78, 5) is 17.3. The molecule has 2 heterocycles. The van der Waals surface area contributed by atoms with Crippen LogP contribution in [-0.4, -0.2) is 34.7 Å². The van der Waals surface area contributed by atoms with Gasteiger partial charge in [-0.25, -0.2) is 9.78 Å². The number of thiazole rings is 1. The fraction of sp³-hybridized carbons (Fsp3) is 0.100. The number of hydrogen-bond donors (Lipinski definition) is 1. The van der Waals surface area contributed by atoms with Crippen molar-refractivity contribution in [2.24, 2.45) is 0 Å². The van der Waals surface area contributed by atoms with Crippen LogP contribution in [0.15, 0.2) is 53.9 Å². The van der Waals surface area contributed by atoms with E-state index in [1.54, 1.807) is 30.8 Å². The number of imidazole rings is 1. The lowest BCUT2D eigenvalue weighted by Gasteiger charge is -2.10. The minimum atomic E-state index is -1.04. The van der Waals surface area contributed by atoms with E-state index in [0.717, 1.165) is 11.1 Å². The number of fused-ring (bicyclic) bond motifs is 1. The molecule has 0 saturated carbocycles. The standard InChI is InChI=1S/C20H16N2O4S/c1-25-13-8-9-16(26-2)14(10-13)15-11-27-20-21-17(12-6-4-3-5-7-12)18(19(23)24)22(15)20/h3-11H,1-2H3,(H,23,24). The van der Waals surface area contributed by atoms with Gasteiger partial charge in [0.1, 0.15) is 17.2 Å². The number of rotatable bonds is 5. The van der Waals surface area contributed by atoms with Crippen molar-refractivity contribution in [3.63, 3.8) is 0 Å². The van der Waals surface area contributed by atoms with Gasteiger partial charge >= 0.3 is 5.97 Å². The highest BCUT2D eigenvalue weighted by Gasteiger charge is 2.24. The van der Waals surface area contributed by atoms with Gasteiger partial charge in [-0.3, -0.25) is 4.40 Å². The number of ether oxygens (including phenoxy) is 2. The highest BCUT2D eigenvalue weighted by Crippen LogP contribution is 2.38. The van der Waals surface area contributed by atoms with Gasteiger partial charge in [-0.1, -0.05) is 30.3 Å². The van der Waals surface area contributed by atoms with Crippen LogP contribution in [0.1, 0.15) is 10.5 Å². The number of nitrogens with zero attached hydrogens (tertiary/aromatic N) is 2. The average Bonchev–Trinajstić information content (AvgIpc) is 3.27. The second-order valence-electron chi connectivity index (χ2n) is 5.79. The molecule has 2 aromatic carbocycles. The Bertz CT molecular complexity index is 1130. The summed E-state index contributed by atoms with van der Waals surface area (Å²) in [5.74, 6) is 0.245. The van der Waals surface area contributed by atoms with Gasteiger partial charge in [0.2, 0.25) is 0 Å². The van der Waals surface area contributed by atoms with E-state index < -0.39 is 5.97 Å². The third-order valence-electron chi connectivity index (χ3n) is 4.30. The van der Waals surface area contributed by atoms with Crippen molar-refractivity contribution in [2.75, 3.05) is 14.2 Å². The maximum absolute atomic E-state index is 12.1. The van der Waals surface area contributed by atoms with Gasteiger partial charge in [0.25, 0.3) is 0 Å². The molecular formula is C20H16N2O4S. The summed E-state index contributed by atoms with van der Waals surface area (Å²) in [6.07, 6.45) is 0. The van der Waals surface area contributed by atoms with E-state index >= 15 is 0 Å². The Hall–Kier alpha value is -3.32. The monoisotopic (exact) mass is 380 g/mol. The van der Waals surface area contributed by atoms with Crippen LogP contribution in [0.4, 0.5) is 0 Å². The van der Waals surface area contributed by atoms with Crippen LogP contribution in [0.2, 0.25) is 0 Å². The molecule has 4 rings (SSSR count). The number of carboxylic acid groups (broad SMARTS) is 1. The van der Waals surface area contributed by atoms with Gasteiger partial charge in [-0.15, -0.1) is 11.3 Å². The van der Waals surface area contributed by atoms with Gasteiger partial charge < -0.3 is 14.6 Å². The van der Waals surface area contributed by atoms with E-state index in [1.807, 2.05) is 41.8 Å². The molecule has 7 heteroatoms. The Labute approximate surface area is 159 Å². The van der Waals surface area contributed by atoms with Crippen LogP contribution in [0.25, 0.3) is 27.5 Å². The zero-order valence-electron chi connectivity index (χ0n) is 14.7. The first kappa shape index (κ1) is 17.1. The molecule has 0 amide bonds. The molecule has 1 N–H and O–H groups in total. The summed E-state index contributed by atoms with van der Waals surface area (Å²) in [5.41, 5.74) is 2.75. The largest absolute Gasteiger partial charge is 0.497 e. The molecule has 6 nitrogen and oxygen atoms in total. The van der Waals surface area contributed by atoms with Crippen LogP contribution >= 0.6 is 11.3 Å². The third-order valence-corrected chi connectivity index (χ3v) is 5.12. The SMILES string of the molecule is COc1ccc(OC)c(-c2csc3nc(-c4ccccc4)c(C(=O)O)n23)c1. The summed E-state index contributed by atoms with van der Waals surface area (Å²) in [7, 11) is 3.17. The molecule has 0 atom stereocenters. The van der Waals surface area contributed by atoms with Crippen molar-refractivity contribution in [3.8, 4) is 34.0 Å². The van der Waals surface area contributed by atoms with Crippen molar-refractivity contribution >= 4 is 22.3 Å². The van der Waals surface area contributed by atoms with E-state index in [-0.39, 0.29) is 5.69 Å². The molecule has 0 bridgehead atoms. The Balaban J connectivity index is 2.02. The van der Waals surface area contributed by atoms with E-state index in [1.165, 1.54) is 11.3 Å². The molecule has 0 unspecified atom stereocenters. The number of hydrogen-bond acceptors (Lipinski definition) is 5. The number of carbonyl (C=O) groups is 1. The normalized spacial score (nSPS) is 10.9.